The molecule has 0 saturated carbocycles. The van der Waals surface area contributed by atoms with E-state index in [4.69, 9.17) is 5.73 Å². The summed E-state index contributed by atoms with van der Waals surface area (Å²) in [5.74, 6) is -0.225. The smallest absolute Gasteiger partial charge is 0.225 e. The van der Waals surface area contributed by atoms with E-state index < -0.39 is 0 Å². The average Bonchev–Trinajstić information content (AvgIpc) is 2.99. The Morgan fingerprint density at radius 2 is 2.25 bits per heavy atom. The van der Waals surface area contributed by atoms with Crippen LogP contribution in [0.5, 0.6) is 0 Å². The summed E-state index contributed by atoms with van der Waals surface area (Å²) in [5, 5.41) is 7.27. The molecule has 3 atom stereocenters. The minimum absolute atomic E-state index is 0.00469. The number of aromatic nitrogens is 2. The Kier molecular flexibility index (Phi) is 6.36. The molecule has 7 heteroatoms. The molecule has 1 fully saturated rings. The number of carbonyl (C=O) groups excluding carboxylic acids is 2. The van der Waals surface area contributed by atoms with E-state index in [9.17, 15) is 9.59 Å². The zero-order valence-electron chi connectivity index (χ0n) is 14.9. The van der Waals surface area contributed by atoms with Gasteiger partial charge in [0.25, 0.3) is 0 Å². The number of aryl methyl sites for hydroxylation is 1. The fourth-order valence-corrected chi connectivity index (χ4v) is 3.37. The second-order valence-electron chi connectivity index (χ2n) is 6.63. The average molecular weight is 335 g/mol. The zero-order valence-corrected chi connectivity index (χ0v) is 14.9. The van der Waals surface area contributed by atoms with Crippen LogP contribution in [0.1, 0.15) is 50.6 Å². The highest BCUT2D eigenvalue weighted by atomic mass is 16.2. The normalized spacial score (nSPS) is 22.5. The van der Waals surface area contributed by atoms with E-state index in [1.807, 2.05) is 13.2 Å². The van der Waals surface area contributed by atoms with Crippen LogP contribution in [0.3, 0.4) is 0 Å². The topological polar surface area (TPSA) is 93.2 Å². The minimum atomic E-state index is -0.274. The lowest BCUT2D eigenvalue weighted by molar-refractivity contribution is -0.141. The van der Waals surface area contributed by atoms with Crippen molar-refractivity contribution in [2.24, 2.45) is 18.7 Å². The first-order valence-electron chi connectivity index (χ1n) is 8.72. The highest BCUT2D eigenvalue weighted by molar-refractivity contribution is 5.85. The van der Waals surface area contributed by atoms with Crippen molar-refractivity contribution in [2.75, 3.05) is 13.6 Å². The SMILES string of the molecule is CCCCC(CN)NC(=O)C1CCC(=O)N(C)C1c1cnn(C)c1. The molecular weight excluding hydrogens is 306 g/mol. The number of amides is 2. The number of unbranched alkanes of at least 4 members (excludes halogenated alkanes) is 1. The van der Waals surface area contributed by atoms with Crippen LogP contribution in [0.4, 0.5) is 0 Å². The van der Waals surface area contributed by atoms with Gasteiger partial charge >= 0.3 is 0 Å². The molecule has 0 bridgehead atoms. The number of hydrogen-bond acceptors (Lipinski definition) is 4. The van der Waals surface area contributed by atoms with Crippen molar-refractivity contribution in [3.63, 3.8) is 0 Å². The Balaban J connectivity index is 2.15. The van der Waals surface area contributed by atoms with Gasteiger partial charge in [0.2, 0.25) is 11.8 Å². The molecule has 2 amide bonds. The van der Waals surface area contributed by atoms with E-state index in [1.165, 1.54) is 0 Å². The molecule has 7 nitrogen and oxygen atoms in total. The third-order valence-corrected chi connectivity index (χ3v) is 4.80. The highest BCUT2D eigenvalue weighted by Gasteiger charge is 2.39. The molecule has 0 aliphatic carbocycles. The van der Waals surface area contributed by atoms with Crippen molar-refractivity contribution >= 4 is 11.8 Å². The van der Waals surface area contributed by atoms with Gasteiger partial charge in [0.1, 0.15) is 0 Å². The molecule has 1 aliphatic rings. The van der Waals surface area contributed by atoms with Crippen molar-refractivity contribution < 1.29 is 9.59 Å². The summed E-state index contributed by atoms with van der Waals surface area (Å²) in [6, 6.07) is -0.278. The molecule has 0 radical (unpaired) electrons. The molecule has 1 aromatic heterocycles. The third kappa shape index (κ3) is 4.14. The van der Waals surface area contributed by atoms with Crippen LogP contribution >= 0.6 is 0 Å². The van der Waals surface area contributed by atoms with Gasteiger partial charge in [-0.15, -0.1) is 0 Å². The second kappa shape index (κ2) is 8.28. The molecule has 3 unspecified atom stereocenters. The Morgan fingerprint density at radius 3 is 2.83 bits per heavy atom. The number of carbonyl (C=O) groups is 2. The number of hydrogen-bond donors (Lipinski definition) is 2. The minimum Gasteiger partial charge on any atom is -0.352 e. The maximum atomic E-state index is 12.8. The summed E-state index contributed by atoms with van der Waals surface area (Å²) in [4.78, 5) is 26.6. The molecule has 1 aliphatic heterocycles. The number of nitrogens with zero attached hydrogens (tertiary/aromatic N) is 3. The summed E-state index contributed by atoms with van der Waals surface area (Å²) in [6.07, 6.45) is 7.56. The predicted octanol–water partition coefficient (Wildman–Crippen LogP) is 0.963. The monoisotopic (exact) mass is 335 g/mol. The van der Waals surface area contributed by atoms with Crippen molar-refractivity contribution in [1.82, 2.24) is 20.0 Å². The third-order valence-electron chi connectivity index (χ3n) is 4.80. The first-order chi connectivity index (χ1) is 11.5. The van der Waals surface area contributed by atoms with Gasteiger partial charge in [-0.1, -0.05) is 19.8 Å². The Hall–Kier alpha value is -1.89. The van der Waals surface area contributed by atoms with Crippen LogP contribution in [0.25, 0.3) is 0 Å². The number of nitrogens with one attached hydrogen (secondary N) is 1. The van der Waals surface area contributed by atoms with Gasteiger partial charge in [-0.3, -0.25) is 14.3 Å². The summed E-state index contributed by atoms with van der Waals surface area (Å²) in [5.41, 5.74) is 6.69. The largest absolute Gasteiger partial charge is 0.352 e. The quantitative estimate of drug-likeness (QED) is 0.776. The molecule has 3 N–H and O–H groups in total. The maximum absolute atomic E-state index is 12.8. The lowest BCUT2D eigenvalue weighted by atomic mass is 9.85. The van der Waals surface area contributed by atoms with Gasteiger partial charge in [-0.05, 0) is 12.8 Å². The van der Waals surface area contributed by atoms with Crippen molar-refractivity contribution in [3.8, 4) is 0 Å². The van der Waals surface area contributed by atoms with Crippen LogP contribution in [-0.2, 0) is 16.6 Å². The first kappa shape index (κ1) is 18.4. The van der Waals surface area contributed by atoms with Gasteiger partial charge in [0.05, 0.1) is 18.2 Å². The van der Waals surface area contributed by atoms with E-state index in [2.05, 4.69) is 17.3 Å². The van der Waals surface area contributed by atoms with Crippen LogP contribution in [-0.4, -0.2) is 46.1 Å². The van der Waals surface area contributed by atoms with E-state index in [0.29, 0.717) is 19.4 Å². The van der Waals surface area contributed by atoms with Crippen molar-refractivity contribution in [1.29, 1.82) is 0 Å². The van der Waals surface area contributed by atoms with Crippen LogP contribution < -0.4 is 11.1 Å². The van der Waals surface area contributed by atoms with Crippen LogP contribution in [0.15, 0.2) is 12.4 Å². The zero-order chi connectivity index (χ0) is 17.7. The van der Waals surface area contributed by atoms with Gasteiger partial charge in [0, 0.05) is 44.9 Å². The van der Waals surface area contributed by atoms with E-state index in [0.717, 1.165) is 24.8 Å². The molecule has 134 valence electrons. The summed E-state index contributed by atoms with van der Waals surface area (Å²) in [6.45, 7) is 2.56. The predicted molar refractivity (Wildman–Crippen MR) is 92.0 cm³/mol. The molecule has 1 aromatic rings. The standard InChI is InChI=1S/C17H29N5O2/c1-4-5-6-13(9-18)20-17(24)14-7-8-15(23)22(3)16(14)12-10-19-21(2)11-12/h10-11,13-14,16H,4-9,18H2,1-3H3,(H,20,24). The van der Waals surface area contributed by atoms with E-state index in [-0.39, 0.29) is 29.8 Å². The molecule has 2 rings (SSSR count). The molecule has 24 heavy (non-hydrogen) atoms. The molecule has 2 heterocycles. The van der Waals surface area contributed by atoms with Crippen LogP contribution in [0, 0.1) is 5.92 Å². The Morgan fingerprint density at radius 1 is 1.50 bits per heavy atom. The molecular formula is C17H29N5O2. The van der Waals surface area contributed by atoms with Gasteiger partial charge in [-0.2, -0.15) is 5.10 Å². The molecule has 1 saturated heterocycles. The Bertz CT molecular complexity index is 571. The number of piperidine rings is 1. The summed E-state index contributed by atoms with van der Waals surface area (Å²) >= 11 is 0. The maximum Gasteiger partial charge on any atom is 0.225 e. The lowest BCUT2D eigenvalue weighted by Gasteiger charge is -2.38. The molecule has 0 aromatic carbocycles. The van der Waals surface area contributed by atoms with Gasteiger partial charge in [0.15, 0.2) is 0 Å². The number of rotatable bonds is 7. The second-order valence-corrected chi connectivity index (χ2v) is 6.63. The summed E-state index contributed by atoms with van der Waals surface area (Å²) < 4.78 is 1.70. The lowest BCUT2D eigenvalue weighted by Crippen LogP contribution is -2.49. The van der Waals surface area contributed by atoms with E-state index in [1.54, 1.807) is 22.8 Å². The number of likely N-dealkylation sites (tertiary alicyclic amines) is 1. The fourth-order valence-electron chi connectivity index (χ4n) is 3.37. The fraction of sp³-hybridized carbons (Fsp3) is 0.706. The number of nitrogens with two attached hydrogens (primary N) is 1. The van der Waals surface area contributed by atoms with E-state index >= 15 is 0 Å². The highest BCUT2D eigenvalue weighted by Crippen LogP contribution is 2.35. The van der Waals surface area contributed by atoms with Gasteiger partial charge in [-0.25, -0.2) is 0 Å². The first-order valence-corrected chi connectivity index (χ1v) is 8.72. The van der Waals surface area contributed by atoms with Crippen molar-refractivity contribution in [2.45, 2.75) is 51.1 Å². The molecule has 0 spiro atoms. The summed E-state index contributed by atoms with van der Waals surface area (Å²) in [7, 11) is 3.59. The van der Waals surface area contributed by atoms with Gasteiger partial charge < -0.3 is 16.0 Å². The van der Waals surface area contributed by atoms with Crippen LogP contribution in [0.2, 0.25) is 0 Å². The van der Waals surface area contributed by atoms with Crippen molar-refractivity contribution in [3.05, 3.63) is 18.0 Å². The Labute approximate surface area is 143 Å².